The number of ether oxygens (including phenoxy) is 2. The molecule has 6 nitrogen and oxygen atoms in total. The number of anilines is 1. The molecule has 160 valence electrons. The number of benzene rings is 2. The summed E-state index contributed by atoms with van der Waals surface area (Å²) in [4.78, 5) is 30.8. The zero-order chi connectivity index (χ0) is 21.8. The predicted octanol–water partition coefficient (Wildman–Crippen LogP) is 5.20. The van der Waals surface area contributed by atoms with Crippen LogP contribution in [0.1, 0.15) is 19.8 Å². The summed E-state index contributed by atoms with van der Waals surface area (Å²) in [5, 5.41) is 3.39. The van der Waals surface area contributed by atoms with Crippen molar-refractivity contribution in [3.05, 3.63) is 52.9 Å². The minimum absolute atomic E-state index is 0.109. The molecule has 31 heavy (non-hydrogen) atoms. The van der Waals surface area contributed by atoms with E-state index in [1.54, 1.807) is 6.07 Å². The number of carbonyl (C=O) groups is 2. The lowest BCUT2D eigenvalue weighted by Crippen LogP contribution is -2.42. The maximum absolute atomic E-state index is 12.5. The van der Waals surface area contributed by atoms with Gasteiger partial charge in [0.15, 0.2) is 6.61 Å². The van der Waals surface area contributed by atoms with Crippen LogP contribution in [0.5, 0.6) is 5.75 Å². The number of unbranched alkanes of at least 4 members (excludes halogenated alkanes) is 1. The summed E-state index contributed by atoms with van der Waals surface area (Å²) in [6.07, 6.45) is 1.72. The van der Waals surface area contributed by atoms with Gasteiger partial charge in [-0.25, -0.2) is 4.98 Å². The Balaban J connectivity index is 1.60. The number of nitrogens with zero attached hydrogens (tertiary/aromatic N) is 2. The van der Waals surface area contributed by atoms with Crippen LogP contribution in [0.25, 0.3) is 21.8 Å². The first-order chi connectivity index (χ1) is 15.1. The van der Waals surface area contributed by atoms with E-state index >= 15 is 0 Å². The molecule has 0 bridgehead atoms. The Morgan fingerprint density at radius 3 is 2.94 bits per heavy atom. The molecule has 0 saturated heterocycles. The number of halogens is 1. The third-order valence-electron chi connectivity index (χ3n) is 4.85. The predicted molar refractivity (Wildman–Crippen MR) is 122 cm³/mol. The van der Waals surface area contributed by atoms with Gasteiger partial charge in [-0.2, -0.15) is 0 Å². The van der Waals surface area contributed by atoms with Gasteiger partial charge in [-0.15, -0.1) is 11.3 Å². The molecule has 0 unspecified atom stereocenters. The molecule has 3 aromatic rings. The highest BCUT2D eigenvalue weighted by molar-refractivity contribution is 7.13. The Morgan fingerprint density at radius 2 is 2.13 bits per heavy atom. The van der Waals surface area contributed by atoms with E-state index in [0.29, 0.717) is 23.1 Å². The molecule has 1 aliphatic rings. The van der Waals surface area contributed by atoms with E-state index in [0.717, 1.165) is 34.7 Å². The van der Waals surface area contributed by atoms with E-state index in [1.807, 2.05) is 48.7 Å². The number of thiazole rings is 1. The average molecular weight is 457 g/mol. The lowest BCUT2D eigenvalue weighted by molar-refractivity contribution is -0.143. The van der Waals surface area contributed by atoms with E-state index in [1.165, 1.54) is 16.2 Å². The molecule has 0 N–H and O–H groups in total. The summed E-state index contributed by atoms with van der Waals surface area (Å²) in [5.41, 5.74) is 2.98. The van der Waals surface area contributed by atoms with Crippen molar-refractivity contribution >= 4 is 40.5 Å². The Hall–Kier alpha value is -2.90. The van der Waals surface area contributed by atoms with Gasteiger partial charge in [-0.3, -0.25) is 14.5 Å². The van der Waals surface area contributed by atoms with Gasteiger partial charge in [-0.1, -0.05) is 43.1 Å². The Bertz CT molecular complexity index is 1110. The third kappa shape index (κ3) is 4.73. The van der Waals surface area contributed by atoms with Crippen LogP contribution in [0.2, 0.25) is 5.02 Å². The lowest BCUT2D eigenvalue weighted by Gasteiger charge is -2.29. The van der Waals surface area contributed by atoms with Crippen LogP contribution < -0.4 is 9.64 Å². The topological polar surface area (TPSA) is 68.7 Å². The van der Waals surface area contributed by atoms with Crippen LogP contribution >= 0.6 is 22.9 Å². The minimum atomic E-state index is -0.435. The van der Waals surface area contributed by atoms with Crippen molar-refractivity contribution in [3.8, 4) is 27.6 Å². The smallest absolute Gasteiger partial charge is 0.326 e. The normalized spacial score (nSPS) is 13.0. The van der Waals surface area contributed by atoms with E-state index in [9.17, 15) is 9.59 Å². The number of rotatable bonds is 7. The zero-order valence-electron chi connectivity index (χ0n) is 17.0. The number of hydrogen-bond acceptors (Lipinski definition) is 6. The van der Waals surface area contributed by atoms with Gasteiger partial charge in [0, 0.05) is 16.5 Å². The molecule has 0 spiro atoms. The molecule has 1 aliphatic heterocycles. The summed E-state index contributed by atoms with van der Waals surface area (Å²) >= 11 is 7.79. The van der Waals surface area contributed by atoms with Crippen molar-refractivity contribution in [2.45, 2.75) is 19.8 Å². The van der Waals surface area contributed by atoms with Crippen molar-refractivity contribution in [3.63, 3.8) is 0 Å². The first-order valence-corrected chi connectivity index (χ1v) is 11.3. The summed E-state index contributed by atoms with van der Waals surface area (Å²) in [6, 6.07) is 13.0. The van der Waals surface area contributed by atoms with Gasteiger partial charge in [0.25, 0.3) is 5.91 Å². The quantitative estimate of drug-likeness (QED) is 0.361. The molecule has 2 aromatic carbocycles. The van der Waals surface area contributed by atoms with Gasteiger partial charge in [0.05, 0.1) is 23.0 Å². The highest BCUT2D eigenvalue weighted by Crippen LogP contribution is 2.38. The molecule has 0 radical (unpaired) electrons. The fourth-order valence-electron chi connectivity index (χ4n) is 3.20. The fraction of sp³-hybridized carbons (Fsp3) is 0.261. The Labute approximate surface area is 189 Å². The second-order valence-corrected chi connectivity index (χ2v) is 8.31. The molecular weight excluding hydrogens is 436 g/mol. The molecule has 1 aromatic heterocycles. The van der Waals surface area contributed by atoms with Crippen LogP contribution in [0, 0.1) is 0 Å². The first-order valence-electron chi connectivity index (χ1n) is 10.0. The standard InChI is InChI=1S/C23H21ClN2O4S/c1-2-3-10-29-22(28)12-26-19-11-15(8-9-20(19)30-13-21(26)27)18-14-31-23(25-18)16-6-4-5-7-17(16)24/h4-9,11,14H,2-3,10,12-13H2,1H3. The molecule has 0 aliphatic carbocycles. The van der Waals surface area contributed by atoms with Crippen LogP contribution in [0.15, 0.2) is 47.8 Å². The first kappa shape index (κ1) is 21.3. The van der Waals surface area contributed by atoms with Crippen LogP contribution in [-0.4, -0.2) is 36.6 Å². The Kier molecular flexibility index (Phi) is 6.53. The van der Waals surface area contributed by atoms with Crippen molar-refractivity contribution < 1.29 is 19.1 Å². The molecule has 0 saturated carbocycles. The minimum Gasteiger partial charge on any atom is -0.482 e. The summed E-state index contributed by atoms with van der Waals surface area (Å²) in [5.74, 6) is -0.173. The number of amides is 1. The van der Waals surface area contributed by atoms with Crippen LogP contribution in [0.3, 0.4) is 0 Å². The summed E-state index contributed by atoms with van der Waals surface area (Å²) < 4.78 is 10.8. The average Bonchev–Trinajstić information content (AvgIpc) is 3.26. The second-order valence-electron chi connectivity index (χ2n) is 7.04. The van der Waals surface area contributed by atoms with Crippen molar-refractivity contribution in [2.24, 2.45) is 0 Å². The summed E-state index contributed by atoms with van der Waals surface area (Å²) in [6.45, 7) is 2.11. The fourth-order valence-corrected chi connectivity index (χ4v) is 4.35. The van der Waals surface area contributed by atoms with Gasteiger partial charge in [0.1, 0.15) is 17.3 Å². The molecule has 0 atom stereocenters. The SMILES string of the molecule is CCCCOC(=O)CN1C(=O)COc2ccc(-c3csc(-c4ccccc4Cl)n3)cc21. The molecule has 1 amide bonds. The highest BCUT2D eigenvalue weighted by atomic mass is 35.5. The van der Waals surface area contributed by atoms with Crippen LogP contribution in [0.4, 0.5) is 5.69 Å². The largest absolute Gasteiger partial charge is 0.482 e. The number of aromatic nitrogens is 1. The monoisotopic (exact) mass is 456 g/mol. The van der Waals surface area contributed by atoms with Crippen molar-refractivity contribution in [1.29, 1.82) is 0 Å². The van der Waals surface area contributed by atoms with Crippen molar-refractivity contribution in [2.75, 3.05) is 24.7 Å². The molecule has 2 heterocycles. The molecule has 0 fully saturated rings. The highest BCUT2D eigenvalue weighted by Gasteiger charge is 2.28. The molecule has 8 heteroatoms. The van der Waals surface area contributed by atoms with Crippen LogP contribution in [-0.2, 0) is 14.3 Å². The second kappa shape index (κ2) is 9.49. The van der Waals surface area contributed by atoms with Gasteiger partial charge in [-0.05, 0) is 30.7 Å². The van der Waals surface area contributed by atoms with Gasteiger partial charge in [0.2, 0.25) is 0 Å². The van der Waals surface area contributed by atoms with E-state index in [-0.39, 0.29) is 19.1 Å². The zero-order valence-corrected chi connectivity index (χ0v) is 18.5. The number of carbonyl (C=O) groups excluding carboxylic acids is 2. The number of esters is 1. The summed E-state index contributed by atoms with van der Waals surface area (Å²) in [7, 11) is 0. The Morgan fingerprint density at radius 1 is 1.29 bits per heavy atom. The lowest BCUT2D eigenvalue weighted by atomic mass is 10.1. The van der Waals surface area contributed by atoms with E-state index in [2.05, 4.69) is 0 Å². The third-order valence-corrected chi connectivity index (χ3v) is 6.06. The molecule has 4 rings (SSSR count). The maximum Gasteiger partial charge on any atom is 0.326 e. The van der Waals surface area contributed by atoms with Gasteiger partial charge < -0.3 is 9.47 Å². The van der Waals surface area contributed by atoms with E-state index in [4.69, 9.17) is 26.1 Å². The maximum atomic E-state index is 12.5. The molecular formula is C23H21ClN2O4S. The number of hydrogen-bond donors (Lipinski definition) is 0. The number of fused-ring (bicyclic) bond motifs is 1. The van der Waals surface area contributed by atoms with E-state index < -0.39 is 5.97 Å². The van der Waals surface area contributed by atoms with Crippen molar-refractivity contribution in [1.82, 2.24) is 4.98 Å². The van der Waals surface area contributed by atoms with Gasteiger partial charge >= 0.3 is 5.97 Å².